The first-order valence-electron chi connectivity index (χ1n) is 7.72. The lowest BCUT2D eigenvalue weighted by Crippen LogP contribution is -2.13. The molecule has 1 heterocycles. The van der Waals surface area contributed by atoms with E-state index in [0.717, 1.165) is 36.2 Å². The van der Waals surface area contributed by atoms with Crippen LogP contribution in [0.2, 0.25) is 0 Å². The minimum atomic E-state index is -0.144. The fraction of sp³-hybridized carbons (Fsp3) is 0.500. The lowest BCUT2D eigenvalue weighted by atomic mass is 9.85. The summed E-state index contributed by atoms with van der Waals surface area (Å²) in [7, 11) is 0. The molecule has 0 atom stereocenters. The van der Waals surface area contributed by atoms with E-state index >= 15 is 0 Å². The van der Waals surface area contributed by atoms with E-state index in [1.54, 1.807) is 0 Å². The van der Waals surface area contributed by atoms with Gasteiger partial charge in [-0.2, -0.15) is 0 Å². The molecule has 2 rings (SSSR count). The molecule has 1 aromatic heterocycles. The first kappa shape index (κ1) is 15.6. The zero-order valence-corrected chi connectivity index (χ0v) is 13.8. The van der Waals surface area contributed by atoms with Crippen molar-refractivity contribution in [2.24, 2.45) is 0 Å². The van der Waals surface area contributed by atoms with Crippen molar-refractivity contribution in [2.75, 3.05) is 0 Å². The van der Waals surface area contributed by atoms with Gasteiger partial charge >= 0.3 is 0 Å². The third-order valence-corrected chi connectivity index (χ3v) is 3.73. The number of benzene rings is 1. The Labute approximate surface area is 127 Å². The molecule has 0 saturated carbocycles. The third-order valence-electron chi connectivity index (χ3n) is 3.73. The average molecular weight is 286 g/mol. The van der Waals surface area contributed by atoms with Crippen LogP contribution in [0.3, 0.4) is 0 Å². The third kappa shape index (κ3) is 3.29. The lowest BCUT2D eigenvalue weighted by molar-refractivity contribution is 0.419. The van der Waals surface area contributed by atoms with Crippen LogP contribution in [0, 0.1) is 6.92 Å². The Balaban J connectivity index is 2.61. The van der Waals surface area contributed by atoms with Crippen molar-refractivity contribution < 1.29 is 5.11 Å². The van der Waals surface area contributed by atoms with Gasteiger partial charge < -0.3 is 5.11 Å². The molecule has 0 radical (unpaired) electrons. The standard InChI is InChI=1S/C18H26N2O/c1-6-7-12-20-16(14-10-8-13(2)9-11-14)15(17(21)19-20)18(3,4)5/h8-11H,6-7,12H2,1-5H3,(H,19,21). The Hall–Kier alpha value is -1.77. The second-order valence-corrected chi connectivity index (χ2v) is 6.74. The Morgan fingerprint density at radius 1 is 1.14 bits per heavy atom. The molecular formula is C18H26N2O. The van der Waals surface area contributed by atoms with Gasteiger partial charge in [0.2, 0.25) is 5.88 Å². The highest BCUT2D eigenvalue weighted by Gasteiger charge is 2.28. The molecule has 2 aromatic rings. The predicted molar refractivity (Wildman–Crippen MR) is 87.7 cm³/mol. The van der Waals surface area contributed by atoms with E-state index in [1.807, 2.05) is 4.68 Å². The molecule has 0 saturated heterocycles. The number of nitrogens with zero attached hydrogens (tertiary/aromatic N) is 2. The molecule has 0 aliphatic rings. The molecular weight excluding hydrogens is 260 g/mol. The fourth-order valence-corrected chi connectivity index (χ4v) is 2.61. The van der Waals surface area contributed by atoms with Gasteiger partial charge in [-0.3, -0.25) is 4.68 Å². The zero-order chi connectivity index (χ0) is 15.6. The summed E-state index contributed by atoms with van der Waals surface area (Å²) < 4.78 is 1.96. The molecule has 1 N–H and O–H groups in total. The Kier molecular flexibility index (Phi) is 4.40. The van der Waals surface area contributed by atoms with E-state index in [9.17, 15) is 5.11 Å². The van der Waals surface area contributed by atoms with Crippen LogP contribution in [0.4, 0.5) is 0 Å². The highest BCUT2D eigenvalue weighted by atomic mass is 16.3. The van der Waals surface area contributed by atoms with E-state index in [2.05, 4.69) is 64.0 Å². The molecule has 0 unspecified atom stereocenters. The number of aryl methyl sites for hydroxylation is 2. The summed E-state index contributed by atoms with van der Waals surface area (Å²) in [6.45, 7) is 11.4. The minimum absolute atomic E-state index is 0.144. The summed E-state index contributed by atoms with van der Waals surface area (Å²) in [5.41, 5.74) is 4.19. The van der Waals surface area contributed by atoms with Crippen LogP contribution < -0.4 is 0 Å². The van der Waals surface area contributed by atoms with Gasteiger partial charge in [-0.05, 0) is 18.8 Å². The first-order valence-corrected chi connectivity index (χ1v) is 7.72. The van der Waals surface area contributed by atoms with E-state index in [-0.39, 0.29) is 11.3 Å². The molecule has 0 bridgehead atoms. The van der Waals surface area contributed by atoms with E-state index in [1.165, 1.54) is 5.56 Å². The van der Waals surface area contributed by atoms with Gasteiger partial charge in [0, 0.05) is 17.7 Å². The topological polar surface area (TPSA) is 38.0 Å². The number of hydrogen-bond acceptors (Lipinski definition) is 2. The molecule has 0 aliphatic heterocycles. The summed E-state index contributed by atoms with van der Waals surface area (Å²) in [5, 5.41) is 14.7. The van der Waals surface area contributed by atoms with Crippen molar-refractivity contribution in [1.82, 2.24) is 9.78 Å². The van der Waals surface area contributed by atoms with Crippen molar-refractivity contribution in [3.8, 4) is 17.1 Å². The van der Waals surface area contributed by atoms with Gasteiger partial charge in [0.05, 0.1) is 5.69 Å². The lowest BCUT2D eigenvalue weighted by Gasteiger charge is -2.20. The van der Waals surface area contributed by atoms with Gasteiger partial charge in [-0.15, -0.1) is 5.10 Å². The van der Waals surface area contributed by atoms with Crippen molar-refractivity contribution in [3.63, 3.8) is 0 Å². The summed E-state index contributed by atoms with van der Waals surface area (Å²) in [5.74, 6) is 0.161. The zero-order valence-electron chi connectivity index (χ0n) is 13.8. The molecule has 0 aliphatic carbocycles. The number of aromatic nitrogens is 2. The average Bonchev–Trinajstić information content (AvgIpc) is 2.74. The van der Waals surface area contributed by atoms with Gasteiger partial charge in [-0.25, -0.2) is 0 Å². The van der Waals surface area contributed by atoms with E-state index < -0.39 is 0 Å². The molecule has 3 nitrogen and oxygen atoms in total. The molecule has 0 amide bonds. The van der Waals surface area contributed by atoms with Crippen LogP contribution in [0.25, 0.3) is 11.3 Å². The monoisotopic (exact) mass is 286 g/mol. The first-order chi connectivity index (χ1) is 9.84. The van der Waals surface area contributed by atoms with Crippen LogP contribution in [0.5, 0.6) is 5.88 Å². The molecule has 3 heteroatoms. The number of hydrogen-bond donors (Lipinski definition) is 1. The quantitative estimate of drug-likeness (QED) is 0.887. The number of rotatable bonds is 4. The SMILES string of the molecule is CCCCn1nc(O)c(C(C)(C)C)c1-c1ccc(C)cc1. The summed E-state index contributed by atoms with van der Waals surface area (Å²) in [4.78, 5) is 0. The van der Waals surface area contributed by atoms with Crippen molar-refractivity contribution in [2.45, 2.75) is 59.4 Å². The summed E-state index contributed by atoms with van der Waals surface area (Å²) >= 11 is 0. The van der Waals surface area contributed by atoms with Crippen LogP contribution in [-0.4, -0.2) is 14.9 Å². The largest absolute Gasteiger partial charge is 0.492 e. The molecule has 1 aromatic carbocycles. The molecule has 114 valence electrons. The smallest absolute Gasteiger partial charge is 0.234 e. The van der Waals surface area contributed by atoms with E-state index in [4.69, 9.17) is 0 Å². The molecule has 21 heavy (non-hydrogen) atoms. The predicted octanol–water partition coefficient (Wildman–Crippen LogP) is 4.66. The van der Waals surface area contributed by atoms with E-state index in [0.29, 0.717) is 0 Å². The minimum Gasteiger partial charge on any atom is -0.492 e. The summed E-state index contributed by atoms with van der Waals surface area (Å²) in [6.07, 6.45) is 2.17. The van der Waals surface area contributed by atoms with Gasteiger partial charge in [0.1, 0.15) is 0 Å². The van der Waals surface area contributed by atoms with Gasteiger partial charge in [0.25, 0.3) is 0 Å². The maximum absolute atomic E-state index is 10.3. The maximum Gasteiger partial charge on any atom is 0.234 e. The highest BCUT2D eigenvalue weighted by Crippen LogP contribution is 2.39. The number of aromatic hydroxyl groups is 1. The highest BCUT2D eigenvalue weighted by molar-refractivity contribution is 5.67. The van der Waals surface area contributed by atoms with Crippen molar-refractivity contribution in [1.29, 1.82) is 0 Å². The van der Waals surface area contributed by atoms with Crippen LogP contribution in [0.1, 0.15) is 51.7 Å². The van der Waals surface area contributed by atoms with Crippen LogP contribution in [-0.2, 0) is 12.0 Å². The van der Waals surface area contributed by atoms with Crippen LogP contribution in [0.15, 0.2) is 24.3 Å². The summed E-state index contributed by atoms with van der Waals surface area (Å²) in [6, 6.07) is 8.44. The van der Waals surface area contributed by atoms with Crippen molar-refractivity contribution >= 4 is 0 Å². The second kappa shape index (κ2) is 5.92. The maximum atomic E-state index is 10.3. The fourth-order valence-electron chi connectivity index (χ4n) is 2.61. The molecule has 0 spiro atoms. The van der Waals surface area contributed by atoms with Gasteiger partial charge in [-0.1, -0.05) is 63.9 Å². The van der Waals surface area contributed by atoms with Crippen molar-refractivity contribution in [3.05, 3.63) is 35.4 Å². The normalized spacial score (nSPS) is 11.9. The van der Waals surface area contributed by atoms with Gasteiger partial charge in [0.15, 0.2) is 0 Å². The molecule has 0 fully saturated rings. The Bertz CT molecular complexity index is 603. The Morgan fingerprint density at radius 3 is 2.29 bits per heavy atom. The Morgan fingerprint density at radius 2 is 1.76 bits per heavy atom. The second-order valence-electron chi connectivity index (χ2n) is 6.74. The number of unbranched alkanes of at least 4 members (excludes halogenated alkanes) is 1. The van der Waals surface area contributed by atoms with Crippen LogP contribution >= 0.6 is 0 Å².